The monoisotopic (exact) mass is 406 g/mol. The predicted octanol–water partition coefficient (Wildman–Crippen LogP) is 0.947. The highest BCUT2D eigenvalue weighted by atomic mass is 16.5. The molecule has 0 unspecified atom stereocenters. The SMILES string of the molecule is COc1ccc(CCNc2nc(NCCOCCOCCN)nc(OC)n2)cc1. The second-order valence-corrected chi connectivity index (χ2v) is 5.93. The highest BCUT2D eigenvalue weighted by Crippen LogP contribution is 2.13. The minimum Gasteiger partial charge on any atom is -0.497 e. The van der Waals surface area contributed by atoms with Gasteiger partial charge in [-0.25, -0.2) is 0 Å². The lowest BCUT2D eigenvalue weighted by molar-refractivity contribution is 0.0547. The molecule has 1 aromatic carbocycles. The van der Waals surface area contributed by atoms with Crippen molar-refractivity contribution in [2.75, 3.05) is 70.9 Å². The molecule has 160 valence electrons. The molecule has 1 heterocycles. The number of anilines is 2. The van der Waals surface area contributed by atoms with Gasteiger partial charge in [-0.05, 0) is 24.1 Å². The molecule has 0 aliphatic rings. The van der Waals surface area contributed by atoms with E-state index in [0.717, 1.165) is 12.2 Å². The molecule has 0 spiro atoms. The van der Waals surface area contributed by atoms with Crippen LogP contribution >= 0.6 is 0 Å². The fourth-order valence-electron chi connectivity index (χ4n) is 2.36. The molecule has 0 bridgehead atoms. The summed E-state index contributed by atoms with van der Waals surface area (Å²) in [6, 6.07) is 8.18. The summed E-state index contributed by atoms with van der Waals surface area (Å²) in [6.07, 6.45) is 0.820. The Hall–Kier alpha value is -2.69. The van der Waals surface area contributed by atoms with Crippen molar-refractivity contribution >= 4 is 11.9 Å². The molecule has 0 saturated carbocycles. The van der Waals surface area contributed by atoms with E-state index < -0.39 is 0 Å². The van der Waals surface area contributed by atoms with Crippen molar-refractivity contribution in [2.45, 2.75) is 6.42 Å². The van der Waals surface area contributed by atoms with Crippen LogP contribution in [0.5, 0.6) is 11.8 Å². The van der Waals surface area contributed by atoms with Crippen LogP contribution in [-0.4, -0.2) is 75.2 Å². The third-order valence-corrected chi connectivity index (χ3v) is 3.82. The zero-order valence-corrected chi connectivity index (χ0v) is 17.0. The normalized spacial score (nSPS) is 10.6. The van der Waals surface area contributed by atoms with E-state index in [0.29, 0.717) is 58.0 Å². The minimum absolute atomic E-state index is 0.241. The largest absolute Gasteiger partial charge is 0.497 e. The van der Waals surface area contributed by atoms with Crippen LogP contribution in [0, 0.1) is 0 Å². The highest BCUT2D eigenvalue weighted by molar-refractivity contribution is 5.36. The van der Waals surface area contributed by atoms with Crippen molar-refractivity contribution in [1.82, 2.24) is 15.0 Å². The number of nitrogens with zero attached hydrogens (tertiary/aromatic N) is 3. The fourth-order valence-corrected chi connectivity index (χ4v) is 2.36. The van der Waals surface area contributed by atoms with Gasteiger partial charge in [-0.2, -0.15) is 15.0 Å². The van der Waals surface area contributed by atoms with Crippen LogP contribution in [0.4, 0.5) is 11.9 Å². The molecule has 2 aromatic rings. The lowest BCUT2D eigenvalue weighted by Crippen LogP contribution is -2.17. The summed E-state index contributed by atoms with van der Waals surface area (Å²) in [4.78, 5) is 12.8. The van der Waals surface area contributed by atoms with Crippen LogP contribution in [0.2, 0.25) is 0 Å². The van der Waals surface area contributed by atoms with Gasteiger partial charge in [0.2, 0.25) is 11.9 Å². The Balaban J connectivity index is 1.75. The first kappa shape index (κ1) is 22.6. The first-order chi connectivity index (χ1) is 14.2. The third-order valence-electron chi connectivity index (χ3n) is 3.82. The molecule has 0 amide bonds. The molecule has 0 aliphatic carbocycles. The van der Waals surface area contributed by atoms with Crippen molar-refractivity contribution in [1.29, 1.82) is 0 Å². The van der Waals surface area contributed by atoms with Crippen LogP contribution in [0.3, 0.4) is 0 Å². The molecular weight excluding hydrogens is 376 g/mol. The van der Waals surface area contributed by atoms with Gasteiger partial charge in [-0.15, -0.1) is 0 Å². The first-order valence-electron chi connectivity index (χ1n) is 9.51. The molecular formula is C19H30N6O4. The van der Waals surface area contributed by atoms with Crippen LogP contribution in [0.25, 0.3) is 0 Å². The topological polar surface area (TPSA) is 126 Å². The average molecular weight is 406 g/mol. The Kier molecular flexibility index (Phi) is 10.5. The lowest BCUT2D eigenvalue weighted by Gasteiger charge is -2.10. The zero-order valence-electron chi connectivity index (χ0n) is 17.0. The van der Waals surface area contributed by atoms with Gasteiger partial charge in [-0.3, -0.25) is 0 Å². The molecule has 10 nitrogen and oxygen atoms in total. The maximum absolute atomic E-state index is 5.46. The summed E-state index contributed by atoms with van der Waals surface area (Å²) in [5.74, 6) is 1.71. The third kappa shape index (κ3) is 8.90. The minimum atomic E-state index is 0.241. The van der Waals surface area contributed by atoms with Gasteiger partial charge in [0.15, 0.2) is 0 Å². The van der Waals surface area contributed by atoms with E-state index in [4.69, 9.17) is 24.7 Å². The van der Waals surface area contributed by atoms with Crippen molar-refractivity contribution in [3.8, 4) is 11.8 Å². The maximum atomic E-state index is 5.46. The molecule has 0 radical (unpaired) electrons. The number of methoxy groups -OCH3 is 2. The predicted molar refractivity (Wildman–Crippen MR) is 111 cm³/mol. The Morgan fingerprint density at radius 2 is 1.45 bits per heavy atom. The smallest absolute Gasteiger partial charge is 0.322 e. The molecule has 29 heavy (non-hydrogen) atoms. The summed E-state index contributed by atoms with van der Waals surface area (Å²) in [5.41, 5.74) is 6.53. The van der Waals surface area contributed by atoms with Gasteiger partial charge in [-0.1, -0.05) is 12.1 Å². The number of nitrogens with two attached hydrogens (primary N) is 1. The second kappa shape index (κ2) is 13.5. The van der Waals surface area contributed by atoms with Crippen LogP contribution < -0.4 is 25.8 Å². The Bertz CT molecular complexity index is 702. The maximum Gasteiger partial charge on any atom is 0.322 e. The zero-order chi connectivity index (χ0) is 20.7. The standard InChI is InChI=1S/C19H30N6O4/c1-26-16-5-3-15(4-6-16)7-9-21-17-23-18(25-19(24-17)27-2)22-10-12-29-14-13-28-11-8-20/h3-6H,7-14,20H2,1-2H3,(H2,21,22,23,24,25). The van der Waals surface area contributed by atoms with Crippen molar-refractivity contribution < 1.29 is 18.9 Å². The molecule has 0 fully saturated rings. The van der Waals surface area contributed by atoms with Crippen LogP contribution in [-0.2, 0) is 15.9 Å². The van der Waals surface area contributed by atoms with E-state index in [1.54, 1.807) is 7.11 Å². The highest BCUT2D eigenvalue weighted by Gasteiger charge is 2.06. The summed E-state index contributed by atoms with van der Waals surface area (Å²) in [6.45, 7) is 3.82. The molecule has 0 saturated heterocycles. The van der Waals surface area contributed by atoms with E-state index in [9.17, 15) is 0 Å². The first-order valence-corrected chi connectivity index (χ1v) is 9.51. The molecule has 2 rings (SSSR count). The number of ether oxygens (including phenoxy) is 4. The van der Waals surface area contributed by atoms with Gasteiger partial charge in [0.25, 0.3) is 0 Å². The number of nitrogens with one attached hydrogen (secondary N) is 2. The molecule has 0 aliphatic heterocycles. The van der Waals surface area contributed by atoms with Crippen molar-refractivity contribution in [3.63, 3.8) is 0 Å². The van der Waals surface area contributed by atoms with Gasteiger partial charge >= 0.3 is 6.01 Å². The Labute approximate surface area is 171 Å². The van der Waals surface area contributed by atoms with Gasteiger partial charge in [0, 0.05) is 19.6 Å². The van der Waals surface area contributed by atoms with Crippen molar-refractivity contribution in [3.05, 3.63) is 29.8 Å². The van der Waals surface area contributed by atoms with E-state index in [2.05, 4.69) is 25.6 Å². The summed E-state index contributed by atoms with van der Waals surface area (Å²) >= 11 is 0. The van der Waals surface area contributed by atoms with Gasteiger partial charge in [0.1, 0.15) is 5.75 Å². The summed E-state index contributed by atoms with van der Waals surface area (Å²) in [7, 11) is 3.17. The molecule has 10 heteroatoms. The Morgan fingerprint density at radius 3 is 2.07 bits per heavy atom. The number of aromatic nitrogens is 3. The molecule has 0 atom stereocenters. The average Bonchev–Trinajstić information content (AvgIpc) is 2.76. The number of benzene rings is 1. The molecule has 1 aromatic heterocycles. The Morgan fingerprint density at radius 1 is 0.793 bits per heavy atom. The fraction of sp³-hybridized carbons (Fsp3) is 0.526. The summed E-state index contributed by atoms with van der Waals surface area (Å²) < 4.78 is 21.0. The van der Waals surface area contributed by atoms with E-state index >= 15 is 0 Å². The van der Waals surface area contributed by atoms with Crippen LogP contribution in [0.15, 0.2) is 24.3 Å². The summed E-state index contributed by atoms with van der Waals surface area (Å²) in [5, 5.41) is 6.30. The van der Waals surface area contributed by atoms with Crippen molar-refractivity contribution in [2.24, 2.45) is 5.73 Å². The number of rotatable bonds is 15. The van der Waals surface area contributed by atoms with Crippen LogP contribution in [0.1, 0.15) is 5.56 Å². The lowest BCUT2D eigenvalue weighted by atomic mass is 10.1. The van der Waals surface area contributed by atoms with Gasteiger partial charge < -0.3 is 35.3 Å². The second-order valence-electron chi connectivity index (χ2n) is 5.93. The van der Waals surface area contributed by atoms with E-state index in [-0.39, 0.29) is 6.01 Å². The molecule has 4 N–H and O–H groups in total. The van der Waals surface area contributed by atoms with E-state index in [1.165, 1.54) is 12.7 Å². The quantitative estimate of drug-likeness (QED) is 0.368. The van der Waals surface area contributed by atoms with E-state index in [1.807, 2.05) is 24.3 Å². The number of hydrogen-bond acceptors (Lipinski definition) is 10. The van der Waals surface area contributed by atoms with Gasteiger partial charge in [0.05, 0.1) is 40.6 Å². The number of hydrogen-bond donors (Lipinski definition) is 3.